The van der Waals surface area contributed by atoms with Crippen molar-refractivity contribution in [1.29, 1.82) is 0 Å². The zero-order valence-electron chi connectivity index (χ0n) is 12.8. The van der Waals surface area contributed by atoms with E-state index in [0.717, 1.165) is 30.0 Å². The standard InChI is InChI=1S/C16H32N2/c1-5-15(6-2)18(10-12(3)4)11-13-9-14-7-8-16(13)17-14/h12-17H,5-11H2,1-4H3. The Balaban J connectivity index is 1.91. The average molecular weight is 252 g/mol. The average Bonchev–Trinajstić information content (AvgIpc) is 2.91. The molecule has 3 unspecified atom stereocenters. The lowest BCUT2D eigenvalue weighted by Gasteiger charge is -2.35. The normalized spacial score (nSPS) is 31.2. The van der Waals surface area contributed by atoms with Crippen LogP contribution in [-0.4, -0.2) is 36.1 Å². The van der Waals surface area contributed by atoms with E-state index in [1.54, 1.807) is 0 Å². The largest absolute Gasteiger partial charge is 0.311 e. The van der Waals surface area contributed by atoms with Gasteiger partial charge < -0.3 is 5.32 Å². The minimum Gasteiger partial charge on any atom is -0.311 e. The molecule has 106 valence electrons. The summed E-state index contributed by atoms with van der Waals surface area (Å²) in [6, 6.07) is 2.48. The topological polar surface area (TPSA) is 15.3 Å². The van der Waals surface area contributed by atoms with Crippen LogP contribution in [-0.2, 0) is 0 Å². The highest BCUT2D eigenvalue weighted by Crippen LogP contribution is 2.34. The summed E-state index contributed by atoms with van der Waals surface area (Å²) < 4.78 is 0. The van der Waals surface area contributed by atoms with Crippen molar-refractivity contribution >= 4 is 0 Å². The second-order valence-electron chi connectivity index (χ2n) is 6.86. The fourth-order valence-corrected chi connectivity index (χ4v) is 4.09. The van der Waals surface area contributed by atoms with Gasteiger partial charge in [0.25, 0.3) is 0 Å². The molecule has 2 fully saturated rings. The van der Waals surface area contributed by atoms with Gasteiger partial charge in [0.15, 0.2) is 0 Å². The summed E-state index contributed by atoms with van der Waals surface area (Å²) in [4.78, 5) is 2.79. The van der Waals surface area contributed by atoms with E-state index >= 15 is 0 Å². The maximum atomic E-state index is 3.78. The van der Waals surface area contributed by atoms with Crippen LogP contribution in [0.4, 0.5) is 0 Å². The Bertz CT molecular complexity index is 247. The Kier molecular flexibility index (Phi) is 5.08. The Labute approximate surface area is 114 Å². The van der Waals surface area contributed by atoms with E-state index in [4.69, 9.17) is 0 Å². The van der Waals surface area contributed by atoms with Gasteiger partial charge in [-0.3, -0.25) is 4.90 Å². The second kappa shape index (κ2) is 6.38. The van der Waals surface area contributed by atoms with Crippen molar-refractivity contribution in [2.45, 2.75) is 77.9 Å². The molecule has 0 aromatic rings. The third kappa shape index (κ3) is 3.27. The number of fused-ring (bicyclic) bond motifs is 2. The van der Waals surface area contributed by atoms with Crippen LogP contribution in [0.25, 0.3) is 0 Å². The number of nitrogens with zero attached hydrogens (tertiary/aromatic N) is 1. The molecular weight excluding hydrogens is 220 g/mol. The Hall–Kier alpha value is -0.0800. The van der Waals surface area contributed by atoms with Gasteiger partial charge in [-0.25, -0.2) is 0 Å². The summed E-state index contributed by atoms with van der Waals surface area (Å²) in [6.45, 7) is 12.0. The van der Waals surface area contributed by atoms with Gasteiger partial charge in [0.1, 0.15) is 0 Å². The van der Waals surface area contributed by atoms with Gasteiger partial charge in [0.05, 0.1) is 0 Å². The van der Waals surface area contributed by atoms with Crippen molar-refractivity contribution in [3.8, 4) is 0 Å². The SMILES string of the molecule is CCC(CC)N(CC(C)C)CC1CC2CCC1N2. The summed E-state index contributed by atoms with van der Waals surface area (Å²) in [5.74, 6) is 1.71. The molecule has 2 aliphatic heterocycles. The fraction of sp³-hybridized carbons (Fsp3) is 1.00. The molecule has 2 rings (SSSR count). The maximum absolute atomic E-state index is 3.78. The van der Waals surface area contributed by atoms with E-state index in [-0.39, 0.29) is 0 Å². The van der Waals surface area contributed by atoms with Crippen LogP contribution in [0.15, 0.2) is 0 Å². The van der Waals surface area contributed by atoms with E-state index < -0.39 is 0 Å². The Morgan fingerprint density at radius 1 is 1.17 bits per heavy atom. The zero-order valence-corrected chi connectivity index (χ0v) is 12.8. The first-order chi connectivity index (χ1) is 8.63. The fourth-order valence-electron chi connectivity index (χ4n) is 4.09. The number of hydrogen-bond acceptors (Lipinski definition) is 2. The second-order valence-corrected chi connectivity index (χ2v) is 6.86. The van der Waals surface area contributed by atoms with E-state index in [1.807, 2.05) is 0 Å². The molecule has 0 spiro atoms. The quantitative estimate of drug-likeness (QED) is 0.748. The van der Waals surface area contributed by atoms with Crippen molar-refractivity contribution in [3.63, 3.8) is 0 Å². The molecule has 0 aromatic heterocycles. The molecule has 3 atom stereocenters. The molecule has 1 N–H and O–H groups in total. The highest BCUT2D eigenvalue weighted by Gasteiger charge is 2.39. The van der Waals surface area contributed by atoms with Gasteiger partial charge in [-0.05, 0) is 43.9 Å². The lowest BCUT2D eigenvalue weighted by Crippen LogP contribution is -2.43. The molecule has 0 aromatic carbocycles. The predicted molar refractivity (Wildman–Crippen MR) is 78.8 cm³/mol. The zero-order chi connectivity index (χ0) is 13.1. The molecule has 2 aliphatic rings. The summed E-state index contributed by atoms with van der Waals surface area (Å²) in [5.41, 5.74) is 0. The van der Waals surface area contributed by atoms with Crippen LogP contribution in [0.3, 0.4) is 0 Å². The number of nitrogens with one attached hydrogen (secondary N) is 1. The molecular formula is C16H32N2. The monoisotopic (exact) mass is 252 g/mol. The van der Waals surface area contributed by atoms with E-state index in [1.165, 1.54) is 45.2 Å². The van der Waals surface area contributed by atoms with Gasteiger partial charge in [0, 0.05) is 31.2 Å². The van der Waals surface area contributed by atoms with Crippen LogP contribution >= 0.6 is 0 Å². The van der Waals surface area contributed by atoms with Crippen molar-refractivity contribution in [2.75, 3.05) is 13.1 Å². The molecule has 0 aliphatic carbocycles. The van der Waals surface area contributed by atoms with Gasteiger partial charge in [-0.2, -0.15) is 0 Å². The van der Waals surface area contributed by atoms with Crippen LogP contribution in [0.2, 0.25) is 0 Å². The summed E-state index contributed by atoms with van der Waals surface area (Å²) in [5, 5.41) is 3.78. The first-order valence-electron chi connectivity index (χ1n) is 8.14. The van der Waals surface area contributed by atoms with Crippen LogP contribution in [0, 0.1) is 11.8 Å². The predicted octanol–water partition coefficient (Wildman–Crippen LogP) is 3.27. The van der Waals surface area contributed by atoms with Crippen molar-refractivity contribution in [2.24, 2.45) is 11.8 Å². The Morgan fingerprint density at radius 2 is 1.89 bits per heavy atom. The van der Waals surface area contributed by atoms with Crippen molar-refractivity contribution in [3.05, 3.63) is 0 Å². The lowest BCUT2D eigenvalue weighted by atomic mass is 9.88. The van der Waals surface area contributed by atoms with Crippen LogP contribution in [0.5, 0.6) is 0 Å². The molecule has 2 heteroatoms. The maximum Gasteiger partial charge on any atom is 0.0111 e. The Morgan fingerprint density at radius 3 is 2.33 bits per heavy atom. The minimum atomic E-state index is 0.789. The van der Waals surface area contributed by atoms with Crippen molar-refractivity contribution < 1.29 is 0 Å². The van der Waals surface area contributed by atoms with Crippen molar-refractivity contribution in [1.82, 2.24) is 10.2 Å². The molecule has 0 radical (unpaired) electrons. The summed E-state index contributed by atoms with van der Waals surface area (Å²) in [7, 11) is 0. The van der Waals surface area contributed by atoms with E-state index in [2.05, 4.69) is 37.9 Å². The molecule has 2 nitrogen and oxygen atoms in total. The third-order valence-electron chi connectivity index (χ3n) is 4.96. The van der Waals surface area contributed by atoms with E-state index in [9.17, 15) is 0 Å². The smallest absolute Gasteiger partial charge is 0.0111 e. The minimum absolute atomic E-state index is 0.789. The first-order valence-corrected chi connectivity index (χ1v) is 8.14. The van der Waals surface area contributed by atoms with Gasteiger partial charge >= 0.3 is 0 Å². The molecule has 0 saturated carbocycles. The first kappa shape index (κ1) is 14.3. The number of hydrogen-bond donors (Lipinski definition) is 1. The number of rotatable bonds is 7. The summed E-state index contributed by atoms with van der Waals surface area (Å²) in [6.07, 6.45) is 6.89. The molecule has 0 amide bonds. The lowest BCUT2D eigenvalue weighted by molar-refractivity contribution is 0.131. The summed E-state index contributed by atoms with van der Waals surface area (Å²) >= 11 is 0. The van der Waals surface area contributed by atoms with Crippen LogP contribution in [0.1, 0.15) is 59.8 Å². The molecule has 2 bridgehead atoms. The van der Waals surface area contributed by atoms with Gasteiger partial charge in [-0.15, -0.1) is 0 Å². The van der Waals surface area contributed by atoms with E-state index in [0.29, 0.717) is 0 Å². The van der Waals surface area contributed by atoms with Gasteiger partial charge in [0.2, 0.25) is 0 Å². The third-order valence-corrected chi connectivity index (χ3v) is 4.96. The molecule has 18 heavy (non-hydrogen) atoms. The molecule has 2 heterocycles. The molecule has 2 saturated heterocycles. The van der Waals surface area contributed by atoms with Crippen LogP contribution < -0.4 is 5.32 Å². The highest BCUT2D eigenvalue weighted by molar-refractivity contribution is 4.98. The highest BCUT2D eigenvalue weighted by atomic mass is 15.2. The van der Waals surface area contributed by atoms with Gasteiger partial charge in [-0.1, -0.05) is 27.7 Å².